The van der Waals surface area contributed by atoms with E-state index in [1.54, 1.807) is 6.20 Å². The van der Waals surface area contributed by atoms with E-state index >= 15 is 0 Å². The highest BCUT2D eigenvalue weighted by Crippen LogP contribution is 2.12. The molecule has 1 aromatic heterocycles. The smallest absolute Gasteiger partial charge is 0.213 e. The zero-order valence-corrected chi connectivity index (χ0v) is 16.0. The molecular weight excluding hydrogens is 332 g/mol. The van der Waals surface area contributed by atoms with Gasteiger partial charge in [-0.1, -0.05) is 0 Å². The Morgan fingerprint density at radius 1 is 1.38 bits per heavy atom. The van der Waals surface area contributed by atoms with Gasteiger partial charge in [0.1, 0.15) is 0 Å². The average Bonchev–Trinajstić information content (AvgIpc) is 3.16. The lowest BCUT2D eigenvalue weighted by Crippen LogP contribution is -2.38. The number of hydrogen-bond donors (Lipinski definition) is 2. The summed E-state index contributed by atoms with van der Waals surface area (Å²) in [7, 11) is 0. The monoisotopic (exact) mass is 364 g/mol. The molecule has 0 aromatic carbocycles. The number of nitrogens with one attached hydrogen (secondary N) is 2. The summed E-state index contributed by atoms with van der Waals surface area (Å²) < 4.78 is 16.6. The lowest BCUT2D eigenvalue weighted by Gasteiger charge is -2.13. The van der Waals surface area contributed by atoms with Crippen LogP contribution in [0.1, 0.15) is 38.7 Å². The van der Waals surface area contributed by atoms with Crippen molar-refractivity contribution in [3.8, 4) is 5.88 Å². The van der Waals surface area contributed by atoms with Crippen LogP contribution in [0.4, 0.5) is 0 Å². The molecule has 0 aliphatic carbocycles. The lowest BCUT2D eigenvalue weighted by molar-refractivity contribution is 0.0168. The second-order valence-electron chi connectivity index (χ2n) is 6.12. The predicted molar refractivity (Wildman–Crippen MR) is 103 cm³/mol. The van der Waals surface area contributed by atoms with Crippen molar-refractivity contribution in [1.82, 2.24) is 15.6 Å². The summed E-state index contributed by atoms with van der Waals surface area (Å²) in [4.78, 5) is 8.79. The minimum Gasteiger partial charge on any atom is -0.478 e. The van der Waals surface area contributed by atoms with Crippen LogP contribution in [0.2, 0.25) is 0 Å². The zero-order chi connectivity index (χ0) is 18.5. The number of rotatable bonds is 11. The molecule has 0 radical (unpaired) electrons. The molecule has 2 rings (SSSR count). The van der Waals surface area contributed by atoms with Gasteiger partial charge in [0, 0.05) is 38.6 Å². The third kappa shape index (κ3) is 8.01. The predicted octanol–water partition coefficient (Wildman–Crippen LogP) is 2.12. The minimum absolute atomic E-state index is 0.295. The molecular formula is C19H32N4O3. The van der Waals surface area contributed by atoms with Crippen LogP contribution in [0.15, 0.2) is 23.3 Å². The maximum atomic E-state index is 5.68. The fourth-order valence-corrected chi connectivity index (χ4v) is 2.66. The van der Waals surface area contributed by atoms with Gasteiger partial charge in [-0.25, -0.2) is 9.98 Å². The Labute approximate surface area is 156 Å². The Hall–Kier alpha value is -1.86. The molecule has 1 aliphatic rings. The van der Waals surface area contributed by atoms with E-state index in [0.29, 0.717) is 31.7 Å². The Morgan fingerprint density at radius 2 is 2.31 bits per heavy atom. The molecule has 2 heterocycles. The van der Waals surface area contributed by atoms with Crippen LogP contribution >= 0.6 is 0 Å². The van der Waals surface area contributed by atoms with Gasteiger partial charge in [-0.3, -0.25) is 0 Å². The molecule has 1 unspecified atom stereocenters. The quantitative estimate of drug-likeness (QED) is 0.356. The number of nitrogens with zero attached hydrogens (tertiary/aromatic N) is 2. The summed E-state index contributed by atoms with van der Waals surface area (Å²) >= 11 is 0. The van der Waals surface area contributed by atoms with Crippen LogP contribution in [-0.2, 0) is 16.0 Å². The summed E-state index contributed by atoms with van der Waals surface area (Å²) in [5.74, 6) is 1.45. The number of aliphatic imine (C=N–C) groups is 1. The fourth-order valence-electron chi connectivity index (χ4n) is 2.66. The van der Waals surface area contributed by atoms with Gasteiger partial charge >= 0.3 is 0 Å². The van der Waals surface area contributed by atoms with E-state index in [0.717, 1.165) is 57.1 Å². The first-order chi connectivity index (χ1) is 12.8. The van der Waals surface area contributed by atoms with E-state index in [4.69, 9.17) is 14.2 Å². The second kappa shape index (κ2) is 12.5. The Kier molecular flexibility index (Phi) is 9.82. The number of hydrogen-bond acceptors (Lipinski definition) is 5. The van der Waals surface area contributed by atoms with E-state index in [9.17, 15) is 0 Å². The van der Waals surface area contributed by atoms with Gasteiger partial charge in [0.25, 0.3) is 0 Å². The molecule has 0 bridgehead atoms. The molecule has 1 atom stereocenters. The number of guanidine groups is 1. The molecule has 0 saturated carbocycles. The SMILES string of the molecule is CCNC(=NCc1ccnc(OCC)c1)NCCCOCC1CCCO1. The lowest BCUT2D eigenvalue weighted by atomic mass is 10.2. The summed E-state index contributed by atoms with van der Waals surface area (Å²) in [6.45, 7) is 9.15. The van der Waals surface area contributed by atoms with Gasteiger partial charge in [0.15, 0.2) is 5.96 Å². The van der Waals surface area contributed by atoms with Crippen molar-refractivity contribution in [2.75, 3.05) is 39.5 Å². The number of ether oxygens (including phenoxy) is 3. The van der Waals surface area contributed by atoms with Gasteiger partial charge < -0.3 is 24.8 Å². The summed E-state index contributed by atoms with van der Waals surface area (Å²) in [6, 6.07) is 3.88. The Balaban J connectivity index is 1.67. The van der Waals surface area contributed by atoms with Crippen molar-refractivity contribution >= 4 is 5.96 Å². The topological polar surface area (TPSA) is 77.0 Å². The van der Waals surface area contributed by atoms with Gasteiger partial charge in [0.05, 0.1) is 25.9 Å². The molecule has 1 saturated heterocycles. The Bertz CT molecular complexity index is 533. The molecule has 2 N–H and O–H groups in total. The molecule has 1 aliphatic heterocycles. The molecule has 0 amide bonds. The van der Waals surface area contributed by atoms with E-state index in [2.05, 4.69) is 27.5 Å². The number of pyridine rings is 1. The van der Waals surface area contributed by atoms with Crippen molar-refractivity contribution in [2.45, 2.75) is 45.8 Å². The van der Waals surface area contributed by atoms with Crippen molar-refractivity contribution in [3.05, 3.63) is 23.9 Å². The second-order valence-corrected chi connectivity index (χ2v) is 6.12. The molecule has 7 heteroatoms. The Morgan fingerprint density at radius 3 is 3.08 bits per heavy atom. The molecule has 26 heavy (non-hydrogen) atoms. The van der Waals surface area contributed by atoms with Crippen LogP contribution in [0.5, 0.6) is 5.88 Å². The van der Waals surface area contributed by atoms with Crippen molar-refractivity contribution in [1.29, 1.82) is 0 Å². The zero-order valence-electron chi connectivity index (χ0n) is 16.0. The average molecular weight is 364 g/mol. The highest BCUT2D eigenvalue weighted by molar-refractivity contribution is 5.79. The maximum Gasteiger partial charge on any atom is 0.213 e. The van der Waals surface area contributed by atoms with Gasteiger partial charge in [-0.2, -0.15) is 0 Å². The largest absolute Gasteiger partial charge is 0.478 e. The third-order valence-electron chi connectivity index (χ3n) is 3.94. The molecule has 7 nitrogen and oxygen atoms in total. The van der Waals surface area contributed by atoms with Gasteiger partial charge in [-0.05, 0) is 44.7 Å². The third-order valence-corrected chi connectivity index (χ3v) is 3.94. The normalized spacial score (nSPS) is 17.3. The van der Waals surface area contributed by atoms with Crippen LogP contribution in [0, 0.1) is 0 Å². The molecule has 0 spiro atoms. The van der Waals surface area contributed by atoms with Gasteiger partial charge in [0.2, 0.25) is 5.88 Å². The van der Waals surface area contributed by atoms with Crippen molar-refractivity contribution in [2.24, 2.45) is 4.99 Å². The summed E-state index contributed by atoms with van der Waals surface area (Å²) in [6.07, 6.45) is 5.25. The molecule has 1 fully saturated rings. The van der Waals surface area contributed by atoms with Crippen molar-refractivity contribution < 1.29 is 14.2 Å². The van der Waals surface area contributed by atoms with Crippen LogP contribution < -0.4 is 15.4 Å². The van der Waals surface area contributed by atoms with E-state index in [-0.39, 0.29) is 0 Å². The van der Waals surface area contributed by atoms with Crippen LogP contribution in [0.25, 0.3) is 0 Å². The first-order valence-corrected chi connectivity index (χ1v) is 9.61. The fraction of sp³-hybridized carbons (Fsp3) is 0.684. The van der Waals surface area contributed by atoms with E-state index in [1.165, 1.54) is 0 Å². The van der Waals surface area contributed by atoms with Gasteiger partial charge in [-0.15, -0.1) is 0 Å². The number of aromatic nitrogens is 1. The maximum absolute atomic E-state index is 5.68. The van der Waals surface area contributed by atoms with Crippen LogP contribution in [0.3, 0.4) is 0 Å². The summed E-state index contributed by atoms with van der Waals surface area (Å²) in [5.41, 5.74) is 1.07. The first-order valence-electron chi connectivity index (χ1n) is 9.61. The minimum atomic E-state index is 0.295. The van der Waals surface area contributed by atoms with Crippen molar-refractivity contribution in [3.63, 3.8) is 0 Å². The highest BCUT2D eigenvalue weighted by Gasteiger charge is 2.14. The van der Waals surface area contributed by atoms with Crippen LogP contribution in [-0.4, -0.2) is 56.6 Å². The van der Waals surface area contributed by atoms with E-state index in [1.807, 2.05) is 19.1 Å². The highest BCUT2D eigenvalue weighted by atomic mass is 16.5. The molecule has 146 valence electrons. The first kappa shape index (κ1) is 20.5. The molecule has 1 aromatic rings. The standard InChI is InChI=1S/C19H32N4O3/c1-3-20-19(22-9-6-11-24-15-17-7-5-12-26-17)23-14-16-8-10-21-18(13-16)25-4-2/h8,10,13,17H,3-7,9,11-12,14-15H2,1-2H3,(H2,20,22,23). The summed E-state index contributed by atoms with van der Waals surface area (Å²) in [5, 5.41) is 6.60. The van der Waals surface area contributed by atoms with E-state index < -0.39 is 0 Å².